The minimum Gasteiger partial charge on any atom is -0.324 e. The van der Waals surface area contributed by atoms with Crippen molar-refractivity contribution in [2.24, 2.45) is 11.7 Å². The summed E-state index contributed by atoms with van der Waals surface area (Å²) in [4.78, 5) is 0. The van der Waals surface area contributed by atoms with E-state index in [1.807, 2.05) is 18.2 Å². The Balaban J connectivity index is 2.80. The van der Waals surface area contributed by atoms with Crippen LogP contribution < -0.4 is 5.73 Å². The van der Waals surface area contributed by atoms with Gasteiger partial charge in [-0.1, -0.05) is 31.5 Å². The molecule has 0 heterocycles. The zero-order chi connectivity index (χ0) is 10.7. The standard InChI is InChI=1S/C11H15BrClN/c1-7(2)5-11(14)8-3-4-10(13)9(12)6-8/h3-4,6-7,11H,5,14H2,1-2H3. The smallest absolute Gasteiger partial charge is 0.0548 e. The highest BCUT2D eigenvalue weighted by atomic mass is 79.9. The van der Waals surface area contributed by atoms with E-state index in [4.69, 9.17) is 17.3 Å². The van der Waals surface area contributed by atoms with Crippen LogP contribution >= 0.6 is 27.5 Å². The molecular formula is C11H15BrClN. The maximum atomic E-state index is 6.05. The normalized spacial score (nSPS) is 13.3. The highest BCUT2D eigenvalue weighted by Crippen LogP contribution is 2.27. The van der Waals surface area contributed by atoms with Gasteiger partial charge in [0.05, 0.1) is 5.02 Å². The van der Waals surface area contributed by atoms with E-state index >= 15 is 0 Å². The predicted octanol–water partition coefficient (Wildman–Crippen LogP) is 4.15. The van der Waals surface area contributed by atoms with Crippen LogP contribution in [0, 0.1) is 5.92 Å². The molecule has 1 unspecified atom stereocenters. The summed E-state index contributed by atoms with van der Waals surface area (Å²) < 4.78 is 0.913. The molecule has 1 aromatic rings. The summed E-state index contributed by atoms with van der Waals surface area (Å²) >= 11 is 9.30. The quantitative estimate of drug-likeness (QED) is 0.882. The van der Waals surface area contributed by atoms with Gasteiger partial charge >= 0.3 is 0 Å². The molecule has 0 saturated heterocycles. The van der Waals surface area contributed by atoms with Crippen molar-refractivity contribution in [2.75, 3.05) is 0 Å². The number of rotatable bonds is 3. The monoisotopic (exact) mass is 275 g/mol. The van der Waals surface area contributed by atoms with Crippen molar-refractivity contribution in [3.05, 3.63) is 33.3 Å². The third-order valence-corrected chi connectivity index (χ3v) is 3.31. The van der Waals surface area contributed by atoms with E-state index in [2.05, 4.69) is 29.8 Å². The Morgan fingerprint density at radius 1 is 1.43 bits per heavy atom. The van der Waals surface area contributed by atoms with E-state index in [9.17, 15) is 0 Å². The first-order chi connectivity index (χ1) is 6.50. The maximum absolute atomic E-state index is 6.05. The van der Waals surface area contributed by atoms with Crippen molar-refractivity contribution in [3.63, 3.8) is 0 Å². The van der Waals surface area contributed by atoms with Gasteiger partial charge in [-0.2, -0.15) is 0 Å². The van der Waals surface area contributed by atoms with E-state index in [1.54, 1.807) is 0 Å². The van der Waals surface area contributed by atoms with Crippen LogP contribution in [0.25, 0.3) is 0 Å². The van der Waals surface area contributed by atoms with Gasteiger partial charge in [0.25, 0.3) is 0 Å². The lowest BCUT2D eigenvalue weighted by Gasteiger charge is -2.14. The van der Waals surface area contributed by atoms with E-state index in [1.165, 1.54) is 0 Å². The van der Waals surface area contributed by atoms with Crippen LogP contribution in [-0.2, 0) is 0 Å². The second kappa shape index (κ2) is 5.15. The van der Waals surface area contributed by atoms with E-state index < -0.39 is 0 Å². The first-order valence-electron chi connectivity index (χ1n) is 4.71. The Bertz CT molecular complexity index is 312. The molecule has 3 heteroatoms. The number of hydrogen-bond donors (Lipinski definition) is 1. The fourth-order valence-corrected chi connectivity index (χ4v) is 1.90. The van der Waals surface area contributed by atoms with Gasteiger partial charge in [0, 0.05) is 10.5 Å². The van der Waals surface area contributed by atoms with Crippen LogP contribution in [0.3, 0.4) is 0 Å². The highest BCUT2D eigenvalue weighted by molar-refractivity contribution is 9.10. The Kier molecular flexibility index (Phi) is 4.42. The van der Waals surface area contributed by atoms with Crippen molar-refractivity contribution in [2.45, 2.75) is 26.3 Å². The van der Waals surface area contributed by atoms with Crippen molar-refractivity contribution in [1.82, 2.24) is 0 Å². The summed E-state index contributed by atoms with van der Waals surface area (Å²) in [6, 6.07) is 5.96. The Labute approximate surface area is 98.8 Å². The molecular weight excluding hydrogens is 261 g/mol. The number of nitrogens with two attached hydrogens (primary N) is 1. The van der Waals surface area contributed by atoms with Crippen molar-refractivity contribution >= 4 is 27.5 Å². The van der Waals surface area contributed by atoms with Gasteiger partial charge in [-0.15, -0.1) is 0 Å². The molecule has 0 fully saturated rings. The van der Waals surface area contributed by atoms with Crippen LogP contribution in [-0.4, -0.2) is 0 Å². The number of halogens is 2. The molecule has 0 aliphatic heterocycles. The fourth-order valence-electron chi connectivity index (χ4n) is 1.39. The van der Waals surface area contributed by atoms with Gasteiger partial charge in [-0.25, -0.2) is 0 Å². The summed E-state index contributed by atoms with van der Waals surface area (Å²) in [6.07, 6.45) is 0.994. The summed E-state index contributed by atoms with van der Waals surface area (Å²) in [7, 11) is 0. The van der Waals surface area contributed by atoms with Gasteiger partial charge in [0.1, 0.15) is 0 Å². The van der Waals surface area contributed by atoms with E-state index in [0.29, 0.717) is 5.92 Å². The van der Waals surface area contributed by atoms with Gasteiger partial charge in [0.2, 0.25) is 0 Å². The molecule has 78 valence electrons. The van der Waals surface area contributed by atoms with Crippen LogP contribution in [0.2, 0.25) is 5.02 Å². The first-order valence-corrected chi connectivity index (χ1v) is 5.88. The molecule has 0 aromatic heterocycles. The predicted molar refractivity (Wildman–Crippen MR) is 65.5 cm³/mol. The van der Waals surface area contributed by atoms with Crippen molar-refractivity contribution < 1.29 is 0 Å². The van der Waals surface area contributed by atoms with Gasteiger partial charge in [-0.3, -0.25) is 0 Å². The second-order valence-corrected chi connectivity index (χ2v) is 5.17. The molecule has 14 heavy (non-hydrogen) atoms. The third-order valence-electron chi connectivity index (χ3n) is 2.10. The third kappa shape index (κ3) is 3.26. The zero-order valence-electron chi connectivity index (χ0n) is 8.43. The lowest BCUT2D eigenvalue weighted by Crippen LogP contribution is -2.12. The number of benzene rings is 1. The van der Waals surface area contributed by atoms with E-state index in [0.717, 1.165) is 21.5 Å². The fraction of sp³-hybridized carbons (Fsp3) is 0.455. The largest absolute Gasteiger partial charge is 0.324 e. The lowest BCUT2D eigenvalue weighted by atomic mass is 9.98. The average molecular weight is 277 g/mol. The van der Waals surface area contributed by atoms with Crippen molar-refractivity contribution in [3.8, 4) is 0 Å². The average Bonchev–Trinajstić information content (AvgIpc) is 2.08. The van der Waals surface area contributed by atoms with Crippen LogP contribution in [0.5, 0.6) is 0 Å². The molecule has 0 radical (unpaired) electrons. The minimum absolute atomic E-state index is 0.101. The second-order valence-electron chi connectivity index (χ2n) is 3.91. The molecule has 1 rings (SSSR count). The molecule has 0 bridgehead atoms. The van der Waals surface area contributed by atoms with Gasteiger partial charge in [0.15, 0.2) is 0 Å². The summed E-state index contributed by atoms with van der Waals surface area (Å²) in [5.41, 5.74) is 7.19. The molecule has 0 aliphatic rings. The summed E-state index contributed by atoms with van der Waals surface area (Å²) in [5, 5.41) is 0.727. The summed E-state index contributed by atoms with van der Waals surface area (Å²) in [6.45, 7) is 4.34. The van der Waals surface area contributed by atoms with Crippen LogP contribution in [0.4, 0.5) is 0 Å². The minimum atomic E-state index is 0.101. The molecule has 1 aromatic carbocycles. The highest BCUT2D eigenvalue weighted by Gasteiger charge is 2.09. The number of hydrogen-bond acceptors (Lipinski definition) is 1. The maximum Gasteiger partial charge on any atom is 0.0548 e. The molecule has 1 nitrogen and oxygen atoms in total. The van der Waals surface area contributed by atoms with Crippen LogP contribution in [0.15, 0.2) is 22.7 Å². The molecule has 2 N–H and O–H groups in total. The van der Waals surface area contributed by atoms with Gasteiger partial charge in [-0.05, 0) is 46.0 Å². The Hall–Kier alpha value is -0.0500. The zero-order valence-corrected chi connectivity index (χ0v) is 10.8. The summed E-state index contributed by atoms with van der Waals surface area (Å²) in [5.74, 6) is 0.611. The van der Waals surface area contributed by atoms with E-state index in [-0.39, 0.29) is 6.04 Å². The topological polar surface area (TPSA) is 26.0 Å². The Morgan fingerprint density at radius 3 is 2.57 bits per heavy atom. The van der Waals surface area contributed by atoms with Crippen LogP contribution in [0.1, 0.15) is 31.9 Å². The SMILES string of the molecule is CC(C)CC(N)c1ccc(Cl)c(Br)c1. The van der Waals surface area contributed by atoms with Crippen molar-refractivity contribution in [1.29, 1.82) is 0 Å². The molecule has 0 aliphatic carbocycles. The molecule has 0 spiro atoms. The molecule has 0 amide bonds. The Morgan fingerprint density at radius 2 is 2.07 bits per heavy atom. The first kappa shape index (κ1) is 12.0. The lowest BCUT2D eigenvalue weighted by molar-refractivity contribution is 0.510. The molecule has 0 saturated carbocycles. The van der Waals surface area contributed by atoms with Gasteiger partial charge < -0.3 is 5.73 Å². The molecule has 1 atom stereocenters.